The van der Waals surface area contributed by atoms with Gasteiger partial charge in [-0.1, -0.05) is 19.8 Å². The van der Waals surface area contributed by atoms with E-state index in [0.29, 0.717) is 13.0 Å². The van der Waals surface area contributed by atoms with Gasteiger partial charge in [0.25, 0.3) is 0 Å². The molecule has 4 heteroatoms. The number of amides is 1. The summed E-state index contributed by atoms with van der Waals surface area (Å²) >= 11 is 0. The van der Waals surface area contributed by atoms with Gasteiger partial charge in [0.2, 0.25) is 5.91 Å². The topological polar surface area (TPSA) is 55.6 Å². The molecule has 0 saturated heterocycles. The number of hydrogen-bond donors (Lipinski definition) is 1. The van der Waals surface area contributed by atoms with Gasteiger partial charge in [-0.25, -0.2) is 0 Å². The summed E-state index contributed by atoms with van der Waals surface area (Å²) in [5, 5.41) is 0. The highest BCUT2D eigenvalue weighted by molar-refractivity contribution is 5.81. The summed E-state index contributed by atoms with van der Waals surface area (Å²) < 4.78 is 4.89. The minimum absolute atomic E-state index is 0.0168. The van der Waals surface area contributed by atoms with Gasteiger partial charge in [-0.3, -0.25) is 4.79 Å². The van der Waals surface area contributed by atoms with Crippen LogP contribution in [0.4, 0.5) is 0 Å². The lowest BCUT2D eigenvalue weighted by Crippen LogP contribution is -2.42. The second-order valence-corrected chi connectivity index (χ2v) is 3.85. The second kappa shape index (κ2) is 8.68. The SMILES string of the molecule is CCCCCN(C)C(=O)C(N)CCOC. The summed E-state index contributed by atoms with van der Waals surface area (Å²) in [4.78, 5) is 13.4. The number of ether oxygens (including phenoxy) is 1. The first kappa shape index (κ1) is 14.4. The van der Waals surface area contributed by atoms with Crippen LogP contribution in [-0.4, -0.2) is 44.2 Å². The summed E-state index contributed by atoms with van der Waals surface area (Å²) in [7, 11) is 3.42. The van der Waals surface area contributed by atoms with Gasteiger partial charge in [-0.2, -0.15) is 0 Å². The lowest BCUT2D eigenvalue weighted by Gasteiger charge is -2.21. The molecule has 0 aromatic carbocycles. The maximum Gasteiger partial charge on any atom is 0.239 e. The molecule has 1 unspecified atom stereocenters. The molecule has 4 nitrogen and oxygen atoms in total. The number of hydrogen-bond acceptors (Lipinski definition) is 3. The fourth-order valence-electron chi connectivity index (χ4n) is 1.36. The molecule has 90 valence electrons. The van der Waals surface area contributed by atoms with Crippen LogP contribution in [0.3, 0.4) is 0 Å². The van der Waals surface area contributed by atoms with Gasteiger partial charge in [-0.15, -0.1) is 0 Å². The molecule has 15 heavy (non-hydrogen) atoms. The Morgan fingerprint density at radius 1 is 1.47 bits per heavy atom. The fourth-order valence-corrected chi connectivity index (χ4v) is 1.36. The van der Waals surface area contributed by atoms with E-state index in [9.17, 15) is 4.79 Å². The summed E-state index contributed by atoms with van der Waals surface area (Å²) in [6.07, 6.45) is 3.96. The molecule has 0 spiro atoms. The van der Waals surface area contributed by atoms with E-state index in [1.54, 1.807) is 12.0 Å². The smallest absolute Gasteiger partial charge is 0.239 e. The van der Waals surface area contributed by atoms with Crippen LogP contribution in [0.5, 0.6) is 0 Å². The fraction of sp³-hybridized carbons (Fsp3) is 0.909. The number of likely N-dealkylation sites (N-methyl/N-ethyl adjacent to an activating group) is 1. The van der Waals surface area contributed by atoms with Crippen molar-refractivity contribution in [1.82, 2.24) is 4.90 Å². The molecule has 0 fully saturated rings. The van der Waals surface area contributed by atoms with Gasteiger partial charge in [0.05, 0.1) is 6.04 Å². The lowest BCUT2D eigenvalue weighted by molar-refractivity contribution is -0.131. The van der Waals surface area contributed by atoms with E-state index in [-0.39, 0.29) is 5.91 Å². The average Bonchev–Trinajstić information content (AvgIpc) is 2.24. The molecule has 1 atom stereocenters. The Bertz CT molecular complexity index is 174. The van der Waals surface area contributed by atoms with Crippen LogP contribution in [-0.2, 0) is 9.53 Å². The molecule has 0 bridgehead atoms. The molecule has 0 radical (unpaired) electrons. The number of rotatable bonds is 8. The van der Waals surface area contributed by atoms with Crippen LogP contribution < -0.4 is 5.73 Å². The summed E-state index contributed by atoms with van der Waals surface area (Å²) in [5.74, 6) is 0.0168. The monoisotopic (exact) mass is 216 g/mol. The van der Waals surface area contributed by atoms with E-state index >= 15 is 0 Å². The van der Waals surface area contributed by atoms with Gasteiger partial charge in [-0.05, 0) is 12.8 Å². The molecule has 0 heterocycles. The average molecular weight is 216 g/mol. The van der Waals surface area contributed by atoms with Crippen molar-refractivity contribution >= 4 is 5.91 Å². The van der Waals surface area contributed by atoms with Crippen molar-refractivity contribution < 1.29 is 9.53 Å². The normalized spacial score (nSPS) is 12.5. The largest absolute Gasteiger partial charge is 0.385 e. The summed E-state index contributed by atoms with van der Waals surface area (Å²) in [5.41, 5.74) is 5.74. The van der Waals surface area contributed by atoms with Crippen molar-refractivity contribution in [2.45, 2.75) is 38.6 Å². The Kier molecular flexibility index (Phi) is 8.33. The molecule has 0 saturated carbocycles. The van der Waals surface area contributed by atoms with Crippen LogP contribution in [0.25, 0.3) is 0 Å². The highest BCUT2D eigenvalue weighted by atomic mass is 16.5. The van der Waals surface area contributed by atoms with Crippen molar-refractivity contribution in [2.75, 3.05) is 27.3 Å². The Labute approximate surface area is 92.8 Å². The standard InChI is InChI=1S/C11H24N2O2/c1-4-5-6-8-13(2)11(14)10(12)7-9-15-3/h10H,4-9,12H2,1-3H3. The molecular weight excluding hydrogens is 192 g/mol. The quantitative estimate of drug-likeness (QED) is 0.616. The molecule has 0 aromatic rings. The molecule has 1 amide bonds. The van der Waals surface area contributed by atoms with Crippen LogP contribution >= 0.6 is 0 Å². The maximum atomic E-state index is 11.7. The van der Waals surface area contributed by atoms with E-state index in [1.165, 1.54) is 0 Å². The summed E-state index contributed by atoms with van der Waals surface area (Å²) in [6.45, 7) is 3.48. The van der Waals surface area contributed by atoms with Crippen molar-refractivity contribution in [3.8, 4) is 0 Å². The zero-order valence-electron chi connectivity index (χ0n) is 10.2. The minimum atomic E-state index is -0.420. The number of methoxy groups -OCH3 is 1. The van der Waals surface area contributed by atoms with Crippen molar-refractivity contribution in [3.05, 3.63) is 0 Å². The molecule has 0 aliphatic heterocycles. The predicted octanol–water partition coefficient (Wildman–Crippen LogP) is 0.999. The molecule has 0 aromatic heterocycles. The van der Waals surface area contributed by atoms with Crippen LogP contribution in [0.1, 0.15) is 32.6 Å². The first-order valence-corrected chi connectivity index (χ1v) is 5.63. The number of nitrogens with zero attached hydrogens (tertiary/aromatic N) is 1. The van der Waals surface area contributed by atoms with E-state index in [4.69, 9.17) is 10.5 Å². The zero-order valence-corrected chi connectivity index (χ0v) is 10.2. The summed E-state index contributed by atoms with van der Waals surface area (Å²) in [6, 6.07) is -0.420. The maximum absolute atomic E-state index is 11.7. The van der Waals surface area contributed by atoms with E-state index in [1.807, 2.05) is 7.05 Å². The third-order valence-electron chi connectivity index (χ3n) is 2.42. The Hall–Kier alpha value is -0.610. The lowest BCUT2D eigenvalue weighted by atomic mass is 10.2. The third kappa shape index (κ3) is 6.47. The van der Waals surface area contributed by atoms with Gasteiger partial charge >= 0.3 is 0 Å². The molecule has 0 aliphatic rings. The van der Waals surface area contributed by atoms with Crippen molar-refractivity contribution in [1.29, 1.82) is 0 Å². The number of carbonyl (C=O) groups is 1. The predicted molar refractivity (Wildman–Crippen MR) is 61.6 cm³/mol. The molecular formula is C11H24N2O2. The van der Waals surface area contributed by atoms with Gasteiger partial charge in [0, 0.05) is 27.3 Å². The highest BCUT2D eigenvalue weighted by Gasteiger charge is 2.16. The Balaban J connectivity index is 3.75. The molecule has 2 N–H and O–H groups in total. The molecule has 0 rings (SSSR count). The third-order valence-corrected chi connectivity index (χ3v) is 2.42. The Morgan fingerprint density at radius 3 is 2.67 bits per heavy atom. The van der Waals surface area contributed by atoms with Gasteiger partial charge < -0.3 is 15.4 Å². The van der Waals surface area contributed by atoms with Crippen molar-refractivity contribution in [2.24, 2.45) is 5.73 Å². The van der Waals surface area contributed by atoms with Crippen molar-refractivity contribution in [3.63, 3.8) is 0 Å². The number of nitrogens with two attached hydrogens (primary N) is 1. The Morgan fingerprint density at radius 2 is 2.13 bits per heavy atom. The van der Waals surface area contributed by atoms with E-state index < -0.39 is 6.04 Å². The van der Waals surface area contributed by atoms with Gasteiger partial charge in [0.15, 0.2) is 0 Å². The van der Waals surface area contributed by atoms with E-state index in [2.05, 4.69) is 6.92 Å². The highest BCUT2D eigenvalue weighted by Crippen LogP contribution is 2.00. The number of carbonyl (C=O) groups excluding carboxylic acids is 1. The van der Waals surface area contributed by atoms with Gasteiger partial charge in [0.1, 0.15) is 0 Å². The molecule has 0 aliphatic carbocycles. The minimum Gasteiger partial charge on any atom is -0.385 e. The zero-order chi connectivity index (χ0) is 11.7. The van der Waals surface area contributed by atoms with E-state index in [0.717, 1.165) is 25.8 Å². The van der Waals surface area contributed by atoms with Crippen LogP contribution in [0.15, 0.2) is 0 Å². The van der Waals surface area contributed by atoms with Crippen LogP contribution in [0.2, 0.25) is 0 Å². The number of unbranched alkanes of at least 4 members (excludes halogenated alkanes) is 2. The second-order valence-electron chi connectivity index (χ2n) is 3.85. The first-order chi connectivity index (χ1) is 7.13. The van der Waals surface area contributed by atoms with Crippen LogP contribution in [0, 0.1) is 0 Å². The first-order valence-electron chi connectivity index (χ1n) is 5.63.